The third-order valence-electron chi connectivity index (χ3n) is 3.27. The first-order valence-electron chi connectivity index (χ1n) is 5.96. The molecule has 0 spiro atoms. The molecule has 19 heavy (non-hydrogen) atoms. The number of thiophene rings is 1. The van der Waals surface area contributed by atoms with Gasteiger partial charge in [0.2, 0.25) is 0 Å². The Morgan fingerprint density at radius 3 is 2.84 bits per heavy atom. The standard InChI is InChI=1S/C14H11Cl2NOS/c15-13-7-10(14(16)19-13)12(18)8-17-6-5-9-3-1-2-4-11(9)17/h1-4,7H,5-6,8H2. The van der Waals surface area contributed by atoms with Crippen LogP contribution in [0.4, 0.5) is 5.69 Å². The number of fused-ring (bicyclic) bond motifs is 1. The van der Waals surface area contributed by atoms with Crippen LogP contribution < -0.4 is 4.90 Å². The van der Waals surface area contributed by atoms with Crippen molar-refractivity contribution in [3.05, 3.63) is 50.1 Å². The molecule has 98 valence electrons. The monoisotopic (exact) mass is 311 g/mol. The fraction of sp³-hybridized carbons (Fsp3) is 0.214. The van der Waals surface area contributed by atoms with Gasteiger partial charge in [-0.2, -0.15) is 0 Å². The first-order chi connectivity index (χ1) is 9.15. The van der Waals surface area contributed by atoms with E-state index in [1.54, 1.807) is 6.07 Å². The molecule has 0 saturated heterocycles. The van der Waals surface area contributed by atoms with E-state index >= 15 is 0 Å². The zero-order valence-electron chi connectivity index (χ0n) is 10.0. The molecule has 0 radical (unpaired) electrons. The molecule has 2 aromatic rings. The Bertz CT molecular complexity index is 638. The number of para-hydroxylation sites is 1. The highest BCUT2D eigenvalue weighted by Gasteiger charge is 2.22. The fourth-order valence-corrected chi connectivity index (χ4v) is 3.86. The van der Waals surface area contributed by atoms with Crippen molar-refractivity contribution >= 4 is 46.0 Å². The minimum atomic E-state index is 0.0184. The molecule has 2 nitrogen and oxygen atoms in total. The van der Waals surface area contributed by atoms with Crippen LogP contribution in [-0.2, 0) is 6.42 Å². The molecule has 1 aromatic heterocycles. The van der Waals surface area contributed by atoms with Crippen LogP contribution in [0.5, 0.6) is 0 Å². The maximum atomic E-state index is 12.3. The van der Waals surface area contributed by atoms with E-state index in [4.69, 9.17) is 23.2 Å². The molecule has 0 bridgehead atoms. The maximum Gasteiger partial charge on any atom is 0.184 e. The number of carbonyl (C=O) groups is 1. The first kappa shape index (κ1) is 13.0. The Morgan fingerprint density at radius 2 is 2.11 bits per heavy atom. The number of benzene rings is 1. The highest BCUT2D eigenvalue weighted by molar-refractivity contribution is 7.20. The van der Waals surface area contributed by atoms with Crippen molar-refractivity contribution in [2.24, 2.45) is 0 Å². The van der Waals surface area contributed by atoms with E-state index in [1.807, 2.05) is 12.1 Å². The van der Waals surface area contributed by atoms with Crippen molar-refractivity contribution in [1.82, 2.24) is 0 Å². The highest BCUT2D eigenvalue weighted by atomic mass is 35.5. The van der Waals surface area contributed by atoms with Gasteiger partial charge in [-0.1, -0.05) is 41.4 Å². The van der Waals surface area contributed by atoms with Crippen molar-refractivity contribution in [3.63, 3.8) is 0 Å². The van der Waals surface area contributed by atoms with Gasteiger partial charge in [0.05, 0.1) is 16.4 Å². The average molecular weight is 312 g/mol. The zero-order chi connectivity index (χ0) is 13.4. The van der Waals surface area contributed by atoms with Crippen LogP contribution in [0.15, 0.2) is 30.3 Å². The van der Waals surface area contributed by atoms with Crippen molar-refractivity contribution < 1.29 is 4.79 Å². The number of nitrogens with zero attached hydrogens (tertiary/aromatic N) is 1. The normalized spacial score (nSPS) is 13.7. The largest absolute Gasteiger partial charge is 0.363 e. The number of halogens is 2. The lowest BCUT2D eigenvalue weighted by molar-refractivity contribution is 0.1000. The van der Waals surface area contributed by atoms with Crippen LogP contribution in [0.2, 0.25) is 8.67 Å². The molecular formula is C14H11Cl2NOS. The molecule has 0 atom stereocenters. The van der Waals surface area contributed by atoms with E-state index in [0.717, 1.165) is 18.7 Å². The van der Waals surface area contributed by atoms with Crippen molar-refractivity contribution in [2.45, 2.75) is 6.42 Å². The highest BCUT2D eigenvalue weighted by Crippen LogP contribution is 2.33. The van der Waals surface area contributed by atoms with Gasteiger partial charge in [-0.3, -0.25) is 4.79 Å². The second-order valence-electron chi connectivity index (χ2n) is 4.46. The summed E-state index contributed by atoms with van der Waals surface area (Å²) in [5.41, 5.74) is 2.97. The van der Waals surface area contributed by atoms with Crippen LogP contribution >= 0.6 is 34.5 Å². The molecule has 0 unspecified atom stereocenters. The lowest BCUT2D eigenvalue weighted by Gasteiger charge is -2.18. The molecule has 1 aromatic carbocycles. The maximum absolute atomic E-state index is 12.3. The number of hydrogen-bond acceptors (Lipinski definition) is 3. The van der Waals surface area contributed by atoms with Crippen molar-refractivity contribution in [1.29, 1.82) is 0 Å². The summed E-state index contributed by atoms with van der Waals surface area (Å²) < 4.78 is 1.03. The van der Waals surface area contributed by atoms with Gasteiger partial charge < -0.3 is 4.90 Å². The minimum absolute atomic E-state index is 0.0184. The summed E-state index contributed by atoms with van der Waals surface area (Å²) in [5.74, 6) is 0.0184. The Morgan fingerprint density at radius 1 is 1.32 bits per heavy atom. The topological polar surface area (TPSA) is 20.3 Å². The van der Waals surface area contributed by atoms with E-state index in [9.17, 15) is 4.79 Å². The Labute approximate surface area is 125 Å². The van der Waals surface area contributed by atoms with Crippen molar-refractivity contribution in [3.8, 4) is 0 Å². The first-order valence-corrected chi connectivity index (χ1v) is 7.53. The molecule has 1 aliphatic rings. The number of hydrogen-bond donors (Lipinski definition) is 0. The number of rotatable bonds is 3. The van der Waals surface area contributed by atoms with Gasteiger partial charge in [0.25, 0.3) is 0 Å². The van der Waals surface area contributed by atoms with E-state index in [-0.39, 0.29) is 5.78 Å². The third-order valence-corrected chi connectivity index (χ3v) is 4.76. The minimum Gasteiger partial charge on any atom is -0.363 e. The van der Waals surface area contributed by atoms with Crippen molar-refractivity contribution in [2.75, 3.05) is 18.0 Å². The van der Waals surface area contributed by atoms with E-state index in [0.29, 0.717) is 20.8 Å². The summed E-state index contributed by atoms with van der Waals surface area (Å²) >= 11 is 13.1. The second kappa shape index (κ2) is 5.16. The molecule has 0 amide bonds. The van der Waals surface area contributed by atoms with Gasteiger partial charge in [-0.25, -0.2) is 0 Å². The van der Waals surface area contributed by atoms with Gasteiger partial charge in [-0.05, 0) is 24.1 Å². The molecular weight excluding hydrogens is 301 g/mol. The lowest BCUT2D eigenvalue weighted by atomic mass is 10.2. The molecule has 0 fully saturated rings. The van der Waals surface area contributed by atoms with Crippen LogP contribution in [0, 0.1) is 0 Å². The van der Waals surface area contributed by atoms with Gasteiger partial charge in [-0.15, -0.1) is 11.3 Å². The van der Waals surface area contributed by atoms with Crippen LogP contribution in [-0.4, -0.2) is 18.9 Å². The van der Waals surface area contributed by atoms with E-state index in [1.165, 1.54) is 16.9 Å². The summed E-state index contributed by atoms with van der Waals surface area (Å²) in [6.45, 7) is 1.23. The predicted molar refractivity (Wildman–Crippen MR) is 81.0 cm³/mol. The van der Waals surface area contributed by atoms with Gasteiger partial charge in [0.1, 0.15) is 4.34 Å². The predicted octanol–water partition coefficient (Wildman–Crippen LogP) is 4.30. The number of carbonyl (C=O) groups excluding carboxylic acids is 1. The molecule has 1 aliphatic heterocycles. The summed E-state index contributed by atoms with van der Waals surface area (Å²) in [6.07, 6.45) is 0.988. The molecule has 0 N–H and O–H groups in total. The quantitative estimate of drug-likeness (QED) is 0.788. The van der Waals surface area contributed by atoms with Crippen LogP contribution in [0.3, 0.4) is 0 Å². The third kappa shape index (κ3) is 2.50. The van der Waals surface area contributed by atoms with E-state index in [2.05, 4.69) is 17.0 Å². The number of anilines is 1. The van der Waals surface area contributed by atoms with Gasteiger partial charge >= 0.3 is 0 Å². The Balaban J connectivity index is 1.80. The summed E-state index contributed by atoms with van der Waals surface area (Å²) in [5, 5.41) is 0. The Hall–Kier alpha value is -1.03. The molecule has 0 aliphatic carbocycles. The lowest BCUT2D eigenvalue weighted by Crippen LogP contribution is -2.27. The van der Waals surface area contributed by atoms with Gasteiger partial charge in [0, 0.05) is 12.2 Å². The summed E-state index contributed by atoms with van der Waals surface area (Å²) in [7, 11) is 0. The summed E-state index contributed by atoms with van der Waals surface area (Å²) in [6, 6.07) is 9.83. The SMILES string of the molecule is O=C(CN1CCc2ccccc21)c1cc(Cl)sc1Cl. The molecule has 3 rings (SSSR count). The molecule has 0 saturated carbocycles. The molecule has 5 heteroatoms. The fourth-order valence-electron chi connectivity index (χ4n) is 2.36. The molecule has 2 heterocycles. The average Bonchev–Trinajstić information content (AvgIpc) is 2.94. The zero-order valence-corrected chi connectivity index (χ0v) is 12.4. The second-order valence-corrected chi connectivity index (χ2v) is 6.75. The number of ketones is 1. The van der Waals surface area contributed by atoms with Gasteiger partial charge in [0.15, 0.2) is 5.78 Å². The van der Waals surface area contributed by atoms with E-state index < -0.39 is 0 Å². The number of Topliss-reactive ketones (excluding diaryl/α,β-unsaturated/α-hetero) is 1. The van der Waals surface area contributed by atoms with Crippen LogP contribution in [0.1, 0.15) is 15.9 Å². The van der Waals surface area contributed by atoms with Crippen LogP contribution in [0.25, 0.3) is 0 Å². The smallest absolute Gasteiger partial charge is 0.184 e. The summed E-state index contributed by atoms with van der Waals surface area (Å²) in [4.78, 5) is 14.4. The Kier molecular flexibility index (Phi) is 3.52.